The monoisotopic (exact) mass is 339 g/mol. The van der Waals surface area contributed by atoms with Gasteiger partial charge in [0.2, 0.25) is 0 Å². The van der Waals surface area contributed by atoms with Crippen molar-refractivity contribution in [2.24, 2.45) is 5.10 Å². The Balaban J connectivity index is 1.98. The summed E-state index contributed by atoms with van der Waals surface area (Å²) in [6, 6.07) is 11.9. The molecule has 0 heterocycles. The Morgan fingerprint density at radius 1 is 1.08 bits per heavy atom. The molecule has 2 aromatic carbocycles. The molecular weight excluding hydrogens is 314 g/mol. The van der Waals surface area contributed by atoms with Crippen LogP contribution < -0.4 is 15.5 Å². The van der Waals surface area contributed by atoms with Crippen molar-refractivity contribution in [2.45, 2.75) is 27.7 Å². The van der Waals surface area contributed by atoms with Crippen LogP contribution in [0.2, 0.25) is 0 Å². The molecule has 2 N–H and O–H groups in total. The summed E-state index contributed by atoms with van der Waals surface area (Å²) in [5, 5.41) is 7.32. The maximum Gasteiger partial charge on any atom is 0.259 e. The van der Waals surface area contributed by atoms with Crippen molar-refractivity contribution in [1.82, 2.24) is 5.43 Å². The Hall–Kier alpha value is -2.82. The molecule has 0 aromatic heterocycles. The second-order valence-corrected chi connectivity index (χ2v) is 6.11. The fourth-order valence-corrected chi connectivity index (χ4v) is 2.54. The van der Waals surface area contributed by atoms with Gasteiger partial charge in [0.15, 0.2) is 0 Å². The number of hydrazone groups is 1. The Labute approximate surface area is 149 Å². The molecule has 5 heteroatoms. The van der Waals surface area contributed by atoms with Crippen LogP contribution in [0.3, 0.4) is 0 Å². The molecule has 0 unspecified atom stereocenters. The third kappa shape index (κ3) is 5.08. The van der Waals surface area contributed by atoms with Crippen LogP contribution in [0.1, 0.15) is 29.2 Å². The lowest BCUT2D eigenvalue weighted by Crippen LogP contribution is -2.27. The van der Waals surface area contributed by atoms with E-state index in [2.05, 4.69) is 21.9 Å². The second kappa shape index (κ2) is 8.33. The Bertz CT molecular complexity index is 798. The fraction of sp³-hybridized carbons (Fsp3) is 0.300. The van der Waals surface area contributed by atoms with Gasteiger partial charge in [0, 0.05) is 11.3 Å². The summed E-state index contributed by atoms with van der Waals surface area (Å²) in [6.45, 7) is 8.06. The Kier molecular flexibility index (Phi) is 6.17. The molecule has 1 amide bonds. The first-order chi connectivity index (χ1) is 11.9. The van der Waals surface area contributed by atoms with E-state index in [1.165, 1.54) is 5.56 Å². The molecule has 0 spiro atoms. The highest BCUT2D eigenvalue weighted by Crippen LogP contribution is 2.20. The summed E-state index contributed by atoms with van der Waals surface area (Å²) in [5.41, 5.74) is 8.50. The van der Waals surface area contributed by atoms with Crippen molar-refractivity contribution in [3.63, 3.8) is 0 Å². The molecule has 0 saturated heterocycles. The van der Waals surface area contributed by atoms with Crippen LogP contribution in [0.25, 0.3) is 0 Å². The van der Waals surface area contributed by atoms with Crippen molar-refractivity contribution in [3.05, 3.63) is 58.7 Å². The number of hydrogen-bond donors (Lipinski definition) is 2. The van der Waals surface area contributed by atoms with E-state index in [-0.39, 0.29) is 12.5 Å². The third-order valence-electron chi connectivity index (χ3n) is 3.91. The molecule has 2 aromatic rings. The standard InChI is InChI=1S/C20H25N3O2/c1-13-6-8-18(15(3)10-13)21-12-20(24)23-22-16(4)17-11-14(2)7-9-19(17)25-5/h6-11,21H,12H2,1-5H3,(H,23,24)/b22-16-. The van der Waals surface area contributed by atoms with Crippen molar-refractivity contribution >= 4 is 17.3 Å². The van der Waals surface area contributed by atoms with Crippen LogP contribution in [0, 0.1) is 20.8 Å². The quantitative estimate of drug-likeness (QED) is 0.625. The highest BCUT2D eigenvalue weighted by molar-refractivity contribution is 6.01. The van der Waals surface area contributed by atoms with Crippen LogP contribution in [-0.2, 0) is 4.79 Å². The average Bonchev–Trinajstić information content (AvgIpc) is 2.58. The van der Waals surface area contributed by atoms with Crippen molar-refractivity contribution in [2.75, 3.05) is 19.0 Å². The first kappa shape index (κ1) is 18.5. The van der Waals surface area contributed by atoms with Gasteiger partial charge < -0.3 is 10.1 Å². The zero-order valence-electron chi connectivity index (χ0n) is 15.4. The molecule has 0 bridgehead atoms. The number of aryl methyl sites for hydroxylation is 3. The summed E-state index contributed by atoms with van der Waals surface area (Å²) in [7, 11) is 1.62. The van der Waals surface area contributed by atoms with Crippen LogP contribution in [-0.4, -0.2) is 25.3 Å². The van der Waals surface area contributed by atoms with Crippen LogP contribution in [0.15, 0.2) is 41.5 Å². The number of amides is 1. The summed E-state index contributed by atoms with van der Waals surface area (Å²) in [6.07, 6.45) is 0. The number of carbonyl (C=O) groups is 1. The van der Waals surface area contributed by atoms with Crippen molar-refractivity contribution in [3.8, 4) is 5.75 Å². The summed E-state index contributed by atoms with van der Waals surface area (Å²) >= 11 is 0. The molecule has 132 valence electrons. The number of methoxy groups -OCH3 is 1. The van der Waals surface area contributed by atoms with Gasteiger partial charge in [-0.15, -0.1) is 0 Å². The second-order valence-electron chi connectivity index (χ2n) is 6.11. The maximum atomic E-state index is 12.0. The van der Waals surface area contributed by atoms with E-state index >= 15 is 0 Å². The zero-order chi connectivity index (χ0) is 18.4. The largest absolute Gasteiger partial charge is 0.496 e. The lowest BCUT2D eigenvalue weighted by molar-refractivity contribution is -0.119. The summed E-state index contributed by atoms with van der Waals surface area (Å²) < 4.78 is 5.35. The van der Waals surface area contributed by atoms with E-state index in [0.717, 1.165) is 28.1 Å². The van der Waals surface area contributed by atoms with Gasteiger partial charge in [0.25, 0.3) is 5.91 Å². The molecule has 0 saturated carbocycles. The van der Waals surface area contributed by atoms with Gasteiger partial charge in [-0.3, -0.25) is 4.79 Å². The molecular formula is C20H25N3O2. The molecule has 2 rings (SSSR count). The Morgan fingerprint density at radius 3 is 2.44 bits per heavy atom. The van der Waals surface area contributed by atoms with Gasteiger partial charge in [-0.25, -0.2) is 5.43 Å². The van der Waals surface area contributed by atoms with Gasteiger partial charge in [0.1, 0.15) is 5.75 Å². The molecule has 0 atom stereocenters. The number of anilines is 1. The van der Waals surface area contributed by atoms with Gasteiger partial charge in [-0.1, -0.05) is 29.3 Å². The molecule has 25 heavy (non-hydrogen) atoms. The van der Waals surface area contributed by atoms with E-state index in [9.17, 15) is 4.79 Å². The molecule has 0 aliphatic rings. The highest BCUT2D eigenvalue weighted by Gasteiger charge is 2.08. The highest BCUT2D eigenvalue weighted by atomic mass is 16.5. The van der Waals surface area contributed by atoms with Crippen LogP contribution in [0.4, 0.5) is 5.69 Å². The molecule has 5 nitrogen and oxygen atoms in total. The molecule has 0 fully saturated rings. The van der Waals surface area contributed by atoms with Crippen molar-refractivity contribution in [1.29, 1.82) is 0 Å². The topological polar surface area (TPSA) is 62.7 Å². The smallest absolute Gasteiger partial charge is 0.259 e. The molecule has 0 aliphatic heterocycles. The maximum absolute atomic E-state index is 12.0. The van der Waals surface area contributed by atoms with Gasteiger partial charge in [0.05, 0.1) is 19.4 Å². The van der Waals surface area contributed by atoms with E-state index in [1.54, 1.807) is 7.11 Å². The minimum absolute atomic E-state index is 0.158. The van der Waals surface area contributed by atoms with Crippen molar-refractivity contribution < 1.29 is 9.53 Å². The number of carbonyl (C=O) groups excluding carboxylic acids is 1. The SMILES string of the molecule is COc1ccc(C)cc1/C(C)=N\NC(=O)CNc1ccc(C)cc1C. The molecule has 0 radical (unpaired) electrons. The van der Waals surface area contributed by atoms with Crippen LogP contribution in [0.5, 0.6) is 5.75 Å². The van der Waals surface area contributed by atoms with E-state index in [4.69, 9.17) is 4.74 Å². The van der Waals surface area contributed by atoms with Gasteiger partial charge in [-0.05, 0) is 51.5 Å². The first-order valence-corrected chi connectivity index (χ1v) is 8.20. The number of hydrogen-bond acceptors (Lipinski definition) is 4. The van der Waals surface area contributed by atoms with Gasteiger partial charge in [-0.2, -0.15) is 5.10 Å². The number of nitrogens with zero attached hydrogens (tertiary/aromatic N) is 1. The number of benzene rings is 2. The minimum atomic E-state index is -0.203. The fourth-order valence-electron chi connectivity index (χ4n) is 2.54. The van der Waals surface area contributed by atoms with E-state index < -0.39 is 0 Å². The average molecular weight is 339 g/mol. The normalized spacial score (nSPS) is 11.2. The Morgan fingerprint density at radius 2 is 1.76 bits per heavy atom. The minimum Gasteiger partial charge on any atom is -0.496 e. The first-order valence-electron chi connectivity index (χ1n) is 8.20. The summed E-state index contributed by atoms with van der Waals surface area (Å²) in [4.78, 5) is 12.0. The number of ether oxygens (including phenoxy) is 1. The number of nitrogens with one attached hydrogen (secondary N) is 2. The lowest BCUT2D eigenvalue weighted by atomic mass is 10.1. The van der Waals surface area contributed by atoms with Gasteiger partial charge >= 0.3 is 0 Å². The zero-order valence-corrected chi connectivity index (χ0v) is 15.4. The van der Waals surface area contributed by atoms with E-state index in [0.29, 0.717) is 5.71 Å². The predicted molar refractivity (Wildman–Crippen MR) is 102 cm³/mol. The molecule has 0 aliphatic carbocycles. The number of rotatable bonds is 6. The van der Waals surface area contributed by atoms with E-state index in [1.807, 2.05) is 58.0 Å². The van der Waals surface area contributed by atoms with Crippen LogP contribution >= 0.6 is 0 Å². The summed E-state index contributed by atoms with van der Waals surface area (Å²) in [5.74, 6) is 0.528. The lowest BCUT2D eigenvalue weighted by Gasteiger charge is -2.11. The third-order valence-corrected chi connectivity index (χ3v) is 3.91. The predicted octanol–water partition coefficient (Wildman–Crippen LogP) is 3.57.